The van der Waals surface area contributed by atoms with Crippen LogP contribution in [-0.4, -0.2) is 35.2 Å². The minimum atomic E-state index is -0.0249. The fraction of sp³-hybridized carbons (Fsp3) is 0.533. The second-order valence-electron chi connectivity index (χ2n) is 5.26. The van der Waals surface area contributed by atoms with E-state index < -0.39 is 0 Å². The maximum absolute atomic E-state index is 12.2. The van der Waals surface area contributed by atoms with Crippen molar-refractivity contribution in [2.45, 2.75) is 30.6 Å². The first-order valence-electron chi connectivity index (χ1n) is 6.76. The molecular weight excluding hydrogens is 294 g/mol. The van der Waals surface area contributed by atoms with Gasteiger partial charge in [0.25, 0.3) is 0 Å². The van der Waals surface area contributed by atoms with E-state index in [4.69, 9.17) is 11.6 Å². The molecular formula is C15H20ClNO2S. The zero-order chi connectivity index (χ0) is 14.7. The largest absolute Gasteiger partial charge is 0.395 e. The molecule has 0 unspecified atom stereocenters. The average molecular weight is 314 g/mol. The molecule has 0 saturated heterocycles. The first kappa shape index (κ1) is 15.7. The Hall–Kier alpha value is -0.710. The molecule has 1 saturated carbocycles. The van der Waals surface area contributed by atoms with E-state index in [-0.39, 0.29) is 35.6 Å². The van der Waals surface area contributed by atoms with E-state index in [1.807, 2.05) is 37.4 Å². The Balaban J connectivity index is 1.90. The van der Waals surface area contributed by atoms with Gasteiger partial charge in [0.1, 0.15) is 0 Å². The van der Waals surface area contributed by atoms with Crippen molar-refractivity contribution in [2.24, 2.45) is 5.92 Å². The van der Waals surface area contributed by atoms with Gasteiger partial charge in [-0.2, -0.15) is 11.8 Å². The van der Waals surface area contributed by atoms with E-state index in [9.17, 15) is 9.90 Å². The molecule has 2 N–H and O–H groups in total. The maximum atomic E-state index is 12.2. The fourth-order valence-electron chi connectivity index (χ4n) is 2.45. The number of carbonyl (C=O) groups is 1. The summed E-state index contributed by atoms with van der Waals surface area (Å²) >= 11 is 7.55. The van der Waals surface area contributed by atoms with Crippen LogP contribution in [0.4, 0.5) is 0 Å². The summed E-state index contributed by atoms with van der Waals surface area (Å²) in [5.41, 5.74) is 1.13. The van der Waals surface area contributed by atoms with Crippen LogP contribution in [0.15, 0.2) is 24.3 Å². The predicted octanol–water partition coefficient (Wildman–Crippen LogP) is 2.67. The van der Waals surface area contributed by atoms with E-state index in [0.29, 0.717) is 5.02 Å². The molecule has 1 aromatic rings. The Morgan fingerprint density at radius 3 is 2.95 bits per heavy atom. The van der Waals surface area contributed by atoms with Crippen molar-refractivity contribution >= 4 is 29.3 Å². The normalized spacial score (nSPS) is 24.0. The van der Waals surface area contributed by atoms with Crippen molar-refractivity contribution in [3.63, 3.8) is 0 Å². The van der Waals surface area contributed by atoms with Crippen molar-refractivity contribution in [3.8, 4) is 0 Å². The van der Waals surface area contributed by atoms with Crippen LogP contribution < -0.4 is 5.32 Å². The zero-order valence-corrected chi connectivity index (χ0v) is 13.2. The van der Waals surface area contributed by atoms with Gasteiger partial charge in [0.2, 0.25) is 5.91 Å². The fourth-order valence-corrected chi connectivity index (χ4v) is 3.28. The van der Waals surface area contributed by atoms with Gasteiger partial charge >= 0.3 is 0 Å². The van der Waals surface area contributed by atoms with Crippen LogP contribution >= 0.6 is 23.4 Å². The molecule has 1 aliphatic rings. The summed E-state index contributed by atoms with van der Waals surface area (Å²) in [5, 5.41) is 13.0. The number of aliphatic hydroxyl groups is 1. The summed E-state index contributed by atoms with van der Waals surface area (Å²) in [7, 11) is 0. The molecule has 1 aromatic carbocycles. The van der Waals surface area contributed by atoms with Crippen molar-refractivity contribution in [1.82, 2.24) is 5.32 Å². The Morgan fingerprint density at radius 1 is 1.60 bits per heavy atom. The number of halogens is 1. The van der Waals surface area contributed by atoms with Gasteiger partial charge in [-0.3, -0.25) is 4.79 Å². The van der Waals surface area contributed by atoms with Gasteiger partial charge in [0.15, 0.2) is 0 Å². The SMILES string of the molecule is CS[C@H](CO)[C@H](C)NC(=O)[C@@H]1C[C@@H]1c1cccc(Cl)c1. The third kappa shape index (κ3) is 3.68. The Bertz CT molecular complexity index is 479. The number of hydrogen-bond donors (Lipinski definition) is 2. The lowest BCUT2D eigenvalue weighted by Gasteiger charge is -2.21. The highest BCUT2D eigenvalue weighted by Gasteiger charge is 2.44. The lowest BCUT2D eigenvalue weighted by molar-refractivity contribution is -0.123. The number of thioether (sulfide) groups is 1. The monoisotopic (exact) mass is 313 g/mol. The molecule has 0 radical (unpaired) electrons. The van der Waals surface area contributed by atoms with Crippen molar-refractivity contribution in [1.29, 1.82) is 0 Å². The van der Waals surface area contributed by atoms with Gasteiger partial charge in [-0.15, -0.1) is 0 Å². The van der Waals surface area contributed by atoms with Crippen LogP contribution in [0.25, 0.3) is 0 Å². The van der Waals surface area contributed by atoms with Crippen LogP contribution in [0.1, 0.15) is 24.8 Å². The van der Waals surface area contributed by atoms with E-state index in [2.05, 4.69) is 5.32 Å². The Kier molecular flexibility index (Phi) is 5.35. The standard InChI is InChI=1S/C15H20ClNO2S/c1-9(14(8-18)20-2)17-15(19)13-7-12(13)10-4-3-5-11(16)6-10/h3-6,9,12-14,18H,7-8H2,1-2H3,(H,17,19)/t9-,12+,13+,14+/m0/s1. The number of amides is 1. The second-order valence-corrected chi connectivity index (χ2v) is 6.77. The van der Waals surface area contributed by atoms with Gasteiger partial charge in [-0.25, -0.2) is 0 Å². The molecule has 0 aromatic heterocycles. The lowest BCUT2D eigenvalue weighted by Crippen LogP contribution is -2.42. The lowest BCUT2D eigenvalue weighted by atomic mass is 10.1. The number of carbonyl (C=O) groups excluding carboxylic acids is 1. The molecule has 0 aliphatic heterocycles. The molecule has 3 nitrogen and oxygen atoms in total. The average Bonchev–Trinajstić information content (AvgIpc) is 3.20. The van der Waals surface area contributed by atoms with E-state index in [1.165, 1.54) is 0 Å². The van der Waals surface area contributed by atoms with Crippen LogP contribution in [-0.2, 0) is 4.79 Å². The molecule has 0 heterocycles. The minimum Gasteiger partial charge on any atom is -0.395 e. The summed E-state index contributed by atoms with van der Waals surface area (Å²) in [6.07, 6.45) is 2.82. The van der Waals surface area contributed by atoms with Crippen molar-refractivity contribution < 1.29 is 9.90 Å². The van der Waals surface area contributed by atoms with Gasteiger partial charge < -0.3 is 10.4 Å². The summed E-state index contributed by atoms with van der Waals surface area (Å²) in [6.45, 7) is 2.01. The molecule has 1 aliphatic carbocycles. The van der Waals surface area contributed by atoms with Gasteiger partial charge in [-0.1, -0.05) is 23.7 Å². The Morgan fingerprint density at radius 2 is 2.35 bits per heavy atom. The molecule has 20 heavy (non-hydrogen) atoms. The zero-order valence-electron chi connectivity index (χ0n) is 11.7. The molecule has 2 rings (SSSR count). The third-order valence-electron chi connectivity index (χ3n) is 3.81. The molecule has 4 atom stereocenters. The molecule has 1 amide bonds. The highest BCUT2D eigenvalue weighted by Crippen LogP contribution is 2.48. The van der Waals surface area contributed by atoms with E-state index in [0.717, 1.165) is 12.0 Å². The summed E-state index contributed by atoms with van der Waals surface area (Å²) in [6, 6.07) is 7.69. The van der Waals surface area contributed by atoms with Gasteiger partial charge in [-0.05, 0) is 43.2 Å². The quantitative estimate of drug-likeness (QED) is 0.849. The van der Waals surface area contributed by atoms with Crippen LogP contribution in [0.3, 0.4) is 0 Å². The molecule has 0 bridgehead atoms. The third-order valence-corrected chi connectivity index (χ3v) is 5.21. The molecule has 5 heteroatoms. The predicted molar refractivity (Wildman–Crippen MR) is 84.3 cm³/mol. The van der Waals surface area contributed by atoms with Crippen molar-refractivity contribution in [2.75, 3.05) is 12.9 Å². The Labute approximate surface area is 129 Å². The summed E-state index contributed by atoms with van der Waals surface area (Å²) in [4.78, 5) is 12.2. The maximum Gasteiger partial charge on any atom is 0.223 e. The highest BCUT2D eigenvalue weighted by atomic mass is 35.5. The van der Waals surface area contributed by atoms with E-state index in [1.54, 1.807) is 11.8 Å². The first-order chi connectivity index (χ1) is 9.56. The van der Waals surface area contributed by atoms with Gasteiger partial charge in [0.05, 0.1) is 6.61 Å². The first-order valence-corrected chi connectivity index (χ1v) is 8.43. The van der Waals surface area contributed by atoms with Crippen LogP contribution in [0.5, 0.6) is 0 Å². The minimum absolute atomic E-state index is 0.0249. The molecule has 0 spiro atoms. The number of hydrogen-bond acceptors (Lipinski definition) is 3. The number of rotatable bonds is 6. The summed E-state index contributed by atoms with van der Waals surface area (Å²) in [5.74, 6) is 0.398. The topological polar surface area (TPSA) is 49.3 Å². The highest BCUT2D eigenvalue weighted by molar-refractivity contribution is 7.99. The number of aliphatic hydroxyl groups excluding tert-OH is 1. The van der Waals surface area contributed by atoms with Gasteiger partial charge in [0, 0.05) is 22.2 Å². The summed E-state index contributed by atoms with van der Waals surface area (Å²) < 4.78 is 0. The molecule has 110 valence electrons. The number of benzene rings is 1. The van der Waals surface area contributed by atoms with E-state index >= 15 is 0 Å². The van der Waals surface area contributed by atoms with Crippen LogP contribution in [0.2, 0.25) is 5.02 Å². The number of nitrogens with one attached hydrogen (secondary N) is 1. The smallest absolute Gasteiger partial charge is 0.223 e. The second kappa shape index (κ2) is 6.83. The van der Waals surface area contributed by atoms with Crippen LogP contribution in [0, 0.1) is 5.92 Å². The van der Waals surface area contributed by atoms with Crippen molar-refractivity contribution in [3.05, 3.63) is 34.9 Å². The molecule has 1 fully saturated rings.